The predicted octanol–water partition coefficient (Wildman–Crippen LogP) is 3.83. The maximum Gasteiger partial charge on any atom is 0.235 e. The molecule has 6 heteroatoms. The van der Waals surface area contributed by atoms with E-state index in [2.05, 4.69) is 62.0 Å². The molecule has 0 amide bonds. The summed E-state index contributed by atoms with van der Waals surface area (Å²) in [5.74, 6) is 2.92. The molecule has 4 rings (SSSR count). The Morgan fingerprint density at radius 3 is 2.31 bits per heavy atom. The van der Waals surface area contributed by atoms with E-state index in [1.807, 2.05) is 6.92 Å². The lowest BCUT2D eigenvalue weighted by atomic mass is 9.89. The van der Waals surface area contributed by atoms with Crippen LogP contribution in [0.25, 0.3) is 4.96 Å². The first-order chi connectivity index (χ1) is 13.9. The van der Waals surface area contributed by atoms with Gasteiger partial charge in [0.2, 0.25) is 10.8 Å². The highest BCUT2D eigenvalue weighted by Gasteiger charge is 2.37. The van der Waals surface area contributed by atoms with Gasteiger partial charge in [-0.15, -0.1) is 5.10 Å². The Morgan fingerprint density at radius 1 is 1.14 bits per heavy atom. The van der Waals surface area contributed by atoms with Gasteiger partial charge in [-0.05, 0) is 17.9 Å². The lowest BCUT2D eigenvalue weighted by Gasteiger charge is -2.37. The number of aryl methyl sites for hydroxylation is 1. The van der Waals surface area contributed by atoms with Crippen LogP contribution in [-0.4, -0.2) is 32.8 Å². The largest absolute Gasteiger partial charge is 0.492 e. The molecule has 3 aromatic rings. The molecule has 1 aromatic carbocycles. The lowest BCUT2D eigenvalue weighted by molar-refractivity contribution is -0.936. The Bertz CT molecular complexity index is 965. The van der Waals surface area contributed by atoms with Gasteiger partial charge >= 0.3 is 0 Å². The highest BCUT2D eigenvalue weighted by Crippen LogP contribution is 2.36. The van der Waals surface area contributed by atoms with Gasteiger partial charge in [0.05, 0.1) is 13.1 Å². The minimum Gasteiger partial charge on any atom is -0.492 e. The number of likely N-dealkylation sites (tertiary alicyclic amines) is 1. The average Bonchev–Trinajstić information content (AvgIpc) is 3.21. The van der Waals surface area contributed by atoms with Gasteiger partial charge in [0, 0.05) is 23.8 Å². The lowest BCUT2D eigenvalue weighted by Crippen LogP contribution is -3.14. The van der Waals surface area contributed by atoms with Crippen molar-refractivity contribution in [2.75, 3.05) is 13.1 Å². The van der Waals surface area contributed by atoms with Gasteiger partial charge in [-0.2, -0.15) is 4.52 Å². The van der Waals surface area contributed by atoms with Crippen molar-refractivity contribution in [3.05, 3.63) is 46.1 Å². The van der Waals surface area contributed by atoms with Gasteiger partial charge < -0.3 is 10.0 Å². The quantitative estimate of drug-likeness (QED) is 0.668. The maximum absolute atomic E-state index is 11.1. The van der Waals surface area contributed by atoms with Crippen LogP contribution in [-0.2, 0) is 6.42 Å². The molecule has 3 atom stereocenters. The molecule has 0 saturated carbocycles. The smallest absolute Gasteiger partial charge is 0.235 e. The van der Waals surface area contributed by atoms with Crippen LogP contribution in [0.15, 0.2) is 24.3 Å². The number of thiazole rings is 1. The van der Waals surface area contributed by atoms with Crippen LogP contribution in [0.3, 0.4) is 0 Å². The summed E-state index contributed by atoms with van der Waals surface area (Å²) in [6, 6.07) is 9.10. The fourth-order valence-corrected chi connectivity index (χ4v) is 6.00. The Morgan fingerprint density at radius 2 is 1.76 bits per heavy atom. The molecule has 2 N–H and O–H groups in total. The van der Waals surface area contributed by atoms with Crippen LogP contribution >= 0.6 is 11.3 Å². The molecule has 0 bridgehead atoms. The number of aromatic hydroxyl groups is 1. The first-order valence-corrected chi connectivity index (χ1v) is 11.7. The molecular formula is C23H33N4OS+. The molecule has 3 heterocycles. The zero-order valence-corrected chi connectivity index (χ0v) is 19.0. The van der Waals surface area contributed by atoms with E-state index in [9.17, 15) is 5.11 Å². The fourth-order valence-electron chi connectivity index (χ4n) is 4.84. The number of fused-ring (bicyclic) bond motifs is 1. The van der Waals surface area contributed by atoms with E-state index in [4.69, 9.17) is 0 Å². The summed E-state index contributed by atoms with van der Waals surface area (Å²) in [6.07, 6.45) is 2.05. The molecule has 1 aliphatic heterocycles. The van der Waals surface area contributed by atoms with E-state index < -0.39 is 0 Å². The van der Waals surface area contributed by atoms with Crippen LogP contribution in [0.2, 0.25) is 0 Å². The Labute approximate surface area is 177 Å². The molecule has 1 fully saturated rings. The number of nitrogens with one attached hydrogen (secondary N) is 1. The van der Waals surface area contributed by atoms with Crippen molar-refractivity contribution in [3.63, 3.8) is 0 Å². The average molecular weight is 414 g/mol. The van der Waals surface area contributed by atoms with Crippen molar-refractivity contribution >= 4 is 16.3 Å². The molecule has 0 radical (unpaired) electrons. The summed E-state index contributed by atoms with van der Waals surface area (Å²) in [6.45, 7) is 13.4. The van der Waals surface area contributed by atoms with Crippen molar-refractivity contribution in [2.24, 2.45) is 11.8 Å². The van der Waals surface area contributed by atoms with Crippen molar-refractivity contribution in [3.8, 4) is 5.88 Å². The molecule has 29 heavy (non-hydrogen) atoms. The summed E-state index contributed by atoms with van der Waals surface area (Å²) < 4.78 is 1.63. The zero-order valence-electron chi connectivity index (χ0n) is 18.1. The third-order valence-corrected chi connectivity index (χ3v) is 7.28. The summed E-state index contributed by atoms with van der Waals surface area (Å²) in [5.41, 5.74) is 2.61. The van der Waals surface area contributed by atoms with Crippen LogP contribution in [0.4, 0.5) is 0 Å². The van der Waals surface area contributed by atoms with E-state index in [-0.39, 0.29) is 11.9 Å². The van der Waals surface area contributed by atoms with Gasteiger partial charge in [-0.3, -0.25) is 0 Å². The van der Waals surface area contributed by atoms with Crippen LogP contribution in [0.1, 0.15) is 74.8 Å². The molecule has 156 valence electrons. The second-order valence-electron chi connectivity index (χ2n) is 9.13. The third kappa shape index (κ3) is 3.92. The second-order valence-corrected chi connectivity index (χ2v) is 10.1. The maximum atomic E-state index is 11.1. The van der Waals surface area contributed by atoms with Crippen molar-refractivity contribution < 1.29 is 10.0 Å². The van der Waals surface area contributed by atoms with Gasteiger partial charge in [-0.25, -0.2) is 4.98 Å². The number of hydrogen-bond acceptors (Lipinski definition) is 4. The Balaban J connectivity index is 1.79. The van der Waals surface area contributed by atoms with E-state index in [0.29, 0.717) is 17.8 Å². The highest BCUT2D eigenvalue weighted by molar-refractivity contribution is 7.17. The number of quaternary nitrogens is 1. The molecule has 1 saturated heterocycles. The Hall–Kier alpha value is -1.92. The highest BCUT2D eigenvalue weighted by atomic mass is 32.1. The van der Waals surface area contributed by atoms with Crippen molar-refractivity contribution in [2.45, 2.75) is 59.4 Å². The number of benzene rings is 1. The molecule has 0 spiro atoms. The van der Waals surface area contributed by atoms with Gasteiger partial charge in [0.15, 0.2) is 11.9 Å². The first kappa shape index (κ1) is 20.4. The molecule has 2 aromatic heterocycles. The number of rotatable bonds is 5. The predicted molar refractivity (Wildman–Crippen MR) is 118 cm³/mol. The van der Waals surface area contributed by atoms with E-state index in [1.54, 1.807) is 15.9 Å². The number of nitrogens with zero attached hydrogens (tertiary/aromatic N) is 3. The summed E-state index contributed by atoms with van der Waals surface area (Å²) >= 11 is 1.59. The topological polar surface area (TPSA) is 54.9 Å². The van der Waals surface area contributed by atoms with Crippen LogP contribution < -0.4 is 4.90 Å². The van der Waals surface area contributed by atoms with Gasteiger partial charge in [0.1, 0.15) is 4.88 Å². The molecule has 5 nitrogen and oxygen atoms in total. The second kappa shape index (κ2) is 8.07. The van der Waals surface area contributed by atoms with Crippen LogP contribution in [0, 0.1) is 11.8 Å². The molecule has 0 unspecified atom stereocenters. The van der Waals surface area contributed by atoms with E-state index >= 15 is 0 Å². The monoisotopic (exact) mass is 413 g/mol. The standard InChI is InChI=1S/C23H32N4OS/c1-6-19-24-23-27(25-19)22(28)21(29-23)20(26-12-15(4)11-16(5)13-26)18-9-7-17(8-10-18)14(2)3/h7-10,14-16,20,28H,6,11-13H2,1-5H3/p+1/t15-,16-,20+/m0/s1. The SMILES string of the molecule is CCc1nc2sc([C@@H](c3ccc(C(C)C)cc3)[NH+]3C[C@@H](C)C[C@H](C)C3)c(O)n2n1. The normalized spacial score (nSPS) is 23.7. The summed E-state index contributed by atoms with van der Waals surface area (Å²) in [4.78, 5) is 7.90. The summed E-state index contributed by atoms with van der Waals surface area (Å²) in [7, 11) is 0. The van der Waals surface area contributed by atoms with E-state index in [1.165, 1.54) is 22.4 Å². The fraction of sp³-hybridized carbons (Fsp3) is 0.565. The van der Waals surface area contributed by atoms with Gasteiger partial charge in [-0.1, -0.05) is 70.2 Å². The number of hydrogen-bond donors (Lipinski definition) is 2. The molecule has 1 aliphatic rings. The van der Waals surface area contributed by atoms with Crippen LogP contribution in [0.5, 0.6) is 5.88 Å². The first-order valence-electron chi connectivity index (χ1n) is 10.9. The summed E-state index contributed by atoms with van der Waals surface area (Å²) in [5, 5.41) is 15.6. The van der Waals surface area contributed by atoms with Crippen molar-refractivity contribution in [1.29, 1.82) is 0 Å². The Kier molecular flexibility index (Phi) is 5.67. The molecular weight excluding hydrogens is 380 g/mol. The van der Waals surface area contributed by atoms with Gasteiger partial charge in [0.25, 0.3) is 0 Å². The minimum atomic E-state index is 0.111. The van der Waals surface area contributed by atoms with E-state index in [0.717, 1.165) is 35.2 Å². The third-order valence-electron chi connectivity index (χ3n) is 6.19. The van der Waals surface area contributed by atoms with Crippen molar-refractivity contribution in [1.82, 2.24) is 14.6 Å². The zero-order chi connectivity index (χ0) is 20.7. The number of aromatic nitrogens is 3. The minimum absolute atomic E-state index is 0.111. The molecule has 0 aliphatic carbocycles. The number of piperidine rings is 1.